The highest BCUT2D eigenvalue weighted by atomic mass is 32.2. The van der Waals surface area contributed by atoms with Crippen LogP contribution in [0, 0.1) is 0 Å². The van der Waals surface area contributed by atoms with Crippen LogP contribution in [-0.2, 0) is 0 Å². The first kappa shape index (κ1) is 5.50. The number of rotatable bonds is 1. The van der Waals surface area contributed by atoms with Gasteiger partial charge in [0.15, 0.2) is 5.09 Å². The van der Waals surface area contributed by atoms with Gasteiger partial charge in [-0.3, -0.25) is 4.98 Å². The van der Waals surface area contributed by atoms with E-state index >= 15 is 0 Å². The van der Waals surface area contributed by atoms with Crippen molar-refractivity contribution in [1.82, 2.24) is 4.98 Å². The van der Waals surface area contributed by atoms with Crippen LogP contribution in [-0.4, -0.2) is 11.2 Å². The third-order valence-corrected chi connectivity index (χ3v) is 1.31. The minimum absolute atomic E-state index is 0.394. The van der Waals surface area contributed by atoms with Crippen molar-refractivity contribution in [3.8, 4) is 0 Å². The maximum atomic E-state index is 10.2. The Morgan fingerprint density at radius 1 is 1.88 bits per heavy atom. The number of aromatic nitrogens is 1. The van der Waals surface area contributed by atoms with Crippen LogP contribution in [0.5, 0.6) is 0 Å². The fourth-order valence-electron chi connectivity index (χ4n) is 0.369. The number of oxazole rings is 1. The summed E-state index contributed by atoms with van der Waals surface area (Å²) in [5.41, 5.74) is 0. The van der Waals surface area contributed by atoms with Gasteiger partial charge in [-0.15, -0.1) is 0 Å². The van der Waals surface area contributed by atoms with E-state index in [0.29, 0.717) is 5.09 Å². The summed E-state index contributed by atoms with van der Waals surface area (Å²) in [5, 5.41) is 0.620. The minimum Gasteiger partial charge on any atom is -0.401 e. The molecular weight excluding hydrogens is 126 g/mol. The van der Waals surface area contributed by atoms with Crippen LogP contribution in [0.25, 0.3) is 0 Å². The molecule has 0 aliphatic carbocycles. The first-order chi connectivity index (χ1) is 3.83. The largest absolute Gasteiger partial charge is 0.417 e. The first-order valence-corrected chi connectivity index (χ1v) is 3.28. The number of hydrogen-bond acceptors (Lipinski definition) is 3. The Kier molecular flexibility index (Phi) is 1.43. The topological polar surface area (TPSA) is 46.0 Å². The molecule has 0 aliphatic heterocycles. The van der Waals surface area contributed by atoms with Gasteiger partial charge >= 0.3 is 5.76 Å². The molecule has 0 spiro atoms. The van der Waals surface area contributed by atoms with Crippen molar-refractivity contribution in [3.63, 3.8) is 0 Å². The summed E-state index contributed by atoms with van der Waals surface area (Å²) < 4.78 is 4.58. The number of aromatic amines is 1. The number of nitrogens with one attached hydrogen (secondary N) is 1. The zero-order chi connectivity index (χ0) is 5.98. The van der Waals surface area contributed by atoms with E-state index in [-0.39, 0.29) is 0 Å². The van der Waals surface area contributed by atoms with E-state index in [9.17, 15) is 4.79 Å². The molecule has 0 saturated carbocycles. The summed E-state index contributed by atoms with van der Waals surface area (Å²) in [6.45, 7) is 0. The van der Waals surface area contributed by atoms with Crippen LogP contribution >= 0.6 is 11.8 Å². The lowest BCUT2D eigenvalue weighted by Gasteiger charge is -1.76. The second-order valence-electron chi connectivity index (χ2n) is 1.20. The van der Waals surface area contributed by atoms with E-state index < -0.39 is 5.76 Å². The van der Waals surface area contributed by atoms with Crippen molar-refractivity contribution in [2.75, 3.05) is 6.26 Å². The van der Waals surface area contributed by atoms with Gasteiger partial charge in [-0.2, -0.15) is 0 Å². The maximum Gasteiger partial charge on any atom is 0.417 e. The van der Waals surface area contributed by atoms with E-state index in [1.807, 2.05) is 6.26 Å². The molecule has 0 radical (unpaired) electrons. The van der Waals surface area contributed by atoms with Crippen LogP contribution in [0.2, 0.25) is 0 Å². The summed E-state index contributed by atoms with van der Waals surface area (Å²) in [5.74, 6) is -0.394. The lowest BCUT2D eigenvalue weighted by Crippen LogP contribution is -1.92. The molecule has 44 valence electrons. The first-order valence-electron chi connectivity index (χ1n) is 2.05. The third-order valence-electron chi connectivity index (χ3n) is 0.702. The average Bonchev–Trinajstić information content (AvgIpc) is 2.14. The lowest BCUT2D eigenvalue weighted by atomic mass is 11.0. The van der Waals surface area contributed by atoms with Crippen molar-refractivity contribution < 1.29 is 4.42 Å². The summed E-state index contributed by atoms with van der Waals surface area (Å²) in [7, 11) is 0. The fourth-order valence-corrected chi connectivity index (χ4v) is 0.705. The SMILES string of the molecule is CSc1c[nH]c(=O)o1. The van der Waals surface area contributed by atoms with Crippen LogP contribution in [0.4, 0.5) is 0 Å². The lowest BCUT2D eigenvalue weighted by molar-refractivity contribution is 0.435. The van der Waals surface area contributed by atoms with E-state index in [1.54, 1.807) is 0 Å². The Morgan fingerprint density at radius 2 is 2.62 bits per heavy atom. The monoisotopic (exact) mass is 131 g/mol. The molecule has 0 amide bonds. The third kappa shape index (κ3) is 0.949. The van der Waals surface area contributed by atoms with Gasteiger partial charge in [0.1, 0.15) is 0 Å². The minimum atomic E-state index is -0.394. The number of hydrogen-bond donors (Lipinski definition) is 1. The highest BCUT2D eigenvalue weighted by Crippen LogP contribution is 2.08. The normalized spacial score (nSPS) is 9.62. The van der Waals surface area contributed by atoms with Gasteiger partial charge in [-0.1, -0.05) is 11.8 Å². The number of H-pyrrole nitrogens is 1. The van der Waals surface area contributed by atoms with Crippen LogP contribution in [0.1, 0.15) is 0 Å². The smallest absolute Gasteiger partial charge is 0.401 e. The van der Waals surface area contributed by atoms with Gasteiger partial charge in [0.05, 0.1) is 6.20 Å². The van der Waals surface area contributed by atoms with Crippen molar-refractivity contribution in [1.29, 1.82) is 0 Å². The Morgan fingerprint density at radius 3 is 2.88 bits per heavy atom. The molecule has 4 heteroatoms. The van der Waals surface area contributed by atoms with E-state index in [2.05, 4.69) is 9.40 Å². The molecule has 0 atom stereocenters. The van der Waals surface area contributed by atoms with Crippen LogP contribution in [0.3, 0.4) is 0 Å². The summed E-state index contributed by atoms with van der Waals surface area (Å²) in [4.78, 5) is 12.6. The van der Waals surface area contributed by atoms with Crippen molar-refractivity contribution in [2.45, 2.75) is 5.09 Å². The Hall–Kier alpha value is -0.640. The average molecular weight is 131 g/mol. The molecule has 1 N–H and O–H groups in total. The maximum absolute atomic E-state index is 10.2. The van der Waals surface area contributed by atoms with Crippen LogP contribution < -0.4 is 5.76 Å². The Labute approximate surface area is 50.1 Å². The zero-order valence-electron chi connectivity index (χ0n) is 4.30. The molecule has 1 rings (SSSR count). The Bertz CT molecular complexity index is 214. The van der Waals surface area contributed by atoms with E-state index in [1.165, 1.54) is 18.0 Å². The molecular formula is C4H5NO2S. The second kappa shape index (κ2) is 2.09. The second-order valence-corrected chi connectivity index (χ2v) is 2.01. The highest BCUT2D eigenvalue weighted by Gasteiger charge is 1.91. The van der Waals surface area contributed by atoms with Crippen molar-refractivity contribution in [3.05, 3.63) is 16.7 Å². The van der Waals surface area contributed by atoms with E-state index in [0.717, 1.165) is 0 Å². The molecule has 0 bridgehead atoms. The standard InChI is InChI=1S/C4H5NO2S/c1-8-3-2-5-4(6)7-3/h2H,1H3,(H,5,6). The molecule has 1 heterocycles. The quantitative estimate of drug-likeness (QED) is 0.570. The molecule has 0 aromatic carbocycles. The summed E-state index contributed by atoms with van der Waals surface area (Å²) in [6, 6.07) is 0. The molecule has 0 aliphatic rings. The molecule has 0 fully saturated rings. The predicted octanol–water partition coefficient (Wildman–Crippen LogP) is 0.690. The van der Waals surface area contributed by atoms with Gasteiger partial charge in [0, 0.05) is 0 Å². The van der Waals surface area contributed by atoms with Gasteiger partial charge in [0.25, 0.3) is 0 Å². The predicted molar refractivity (Wildman–Crippen MR) is 31.1 cm³/mol. The molecule has 3 nitrogen and oxygen atoms in total. The summed E-state index contributed by atoms with van der Waals surface area (Å²) in [6.07, 6.45) is 3.37. The van der Waals surface area contributed by atoms with Crippen molar-refractivity contribution in [2.24, 2.45) is 0 Å². The van der Waals surface area contributed by atoms with E-state index in [4.69, 9.17) is 0 Å². The van der Waals surface area contributed by atoms with Gasteiger partial charge in [-0.05, 0) is 6.26 Å². The molecule has 0 saturated heterocycles. The van der Waals surface area contributed by atoms with Gasteiger partial charge in [-0.25, -0.2) is 4.79 Å². The zero-order valence-corrected chi connectivity index (χ0v) is 5.12. The molecule has 1 aromatic heterocycles. The van der Waals surface area contributed by atoms with Gasteiger partial charge in [0.2, 0.25) is 0 Å². The molecule has 8 heavy (non-hydrogen) atoms. The Balaban J connectivity index is 3.01. The number of thioether (sulfide) groups is 1. The summed E-state index contributed by atoms with van der Waals surface area (Å²) >= 11 is 1.39. The fraction of sp³-hybridized carbons (Fsp3) is 0.250. The van der Waals surface area contributed by atoms with Gasteiger partial charge < -0.3 is 4.42 Å². The molecule has 0 unspecified atom stereocenters. The van der Waals surface area contributed by atoms with Crippen LogP contribution in [0.15, 0.2) is 20.5 Å². The highest BCUT2D eigenvalue weighted by molar-refractivity contribution is 7.98. The molecule has 1 aromatic rings. The van der Waals surface area contributed by atoms with Crippen molar-refractivity contribution >= 4 is 11.8 Å².